The van der Waals surface area contributed by atoms with Crippen LogP contribution >= 0.6 is 18.9 Å². The second kappa shape index (κ2) is 12.5. The summed E-state index contributed by atoms with van der Waals surface area (Å²) in [5.74, 6) is -1.90. The highest BCUT2D eigenvalue weighted by molar-refractivity contribution is 7.52. The predicted octanol–water partition coefficient (Wildman–Crippen LogP) is 4.05. The van der Waals surface area contributed by atoms with E-state index in [1.165, 1.54) is 33.8 Å². The third-order valence-corrected chi connectivity index (χ3v) is 10.5. The number of fused-ring (bicyclic) bond motifs is 2. The summed E-state index contributed by atoms with van der Waals surface area (Å²) in [4.78, 5) is 79.7. The second-order valence-corrected chi connectivity index (χ2v) is 14.0. The fourth-order valence-corrected chi connectivity index (χ4v) is 7.27. The molecule has 0 radical (unpaired) electrons. The first-order chi connectivity index (χ1) is 21.6. The van der Waals surface area contributed by atoms with Crippen LogP contribution in [0.1, 0.15) is 41.4 Å². The van der Waals surface area contributed by atoms with E-state index in [0.717, 1.165) is 23.5 Å². The zero-order valence-corrected chi connectivity index (χ0v) is 26.4. The molecular weight excluding hydrogens is 643 g/mol. The van der Waals surface area contributed by atoms with E-state index in [2.05, 4.69) is 10.2 Å². The minimum absolute atomic E-state index is 0.0454. The Bertz CT molecular complexity index is 1800. The largest absolute Gasteiger partial charge is 0.399 e. The number of nitrogens with one attached hydrogen (secondary N) is 1. The number of hydrogen-bond donors (Lipinski definition) is 3. The van der Waals surface area contributed by atoms with Gasteiger partial charge in [0, 0.05) is 49.1 Å². The van der Waals surface area contributed by atoms with Crippen LogP contribution in [-0.2, 0) is 24.6 Å². The number of anilines is 1. The SMILES string of the molecule is [C-]#[N+]c1ccc(N(C)C(=O)[C@@H]2CC[C@@H]3CCN(C(C)=O)C[C@H](NC(=O)c4cc5cc(C(F)(F)P(=O)(O)O)ccc5s4)C(=O)N32)cc1. The summed E-state index contributed by atoms with van der Waals surface area (Å²) in [6.45, 7) is 8.64. The number of carbonyl (C=O) groups excluding carboxylic acids is 4. The maximum absolute atomic E-state index is 14.3. The van der Waals surface area contributed by atoms with Crippen molar-refractivity contribution in [3.8, 4) is 0 Å². The van der Waals surface area contributed by atoms with Crippen LogP contribution in [0.25, 0.3) is 14.9 Å². The molecule has 2 saturated heterocycles. The van der Waals surface area contributed by atoms with E-state index in [-0.39, 0.29) is 34.7 Å². The van der Waals surface area contributed by atoms with Crippen LogP contribution in [-0.4, -0.2) is 81.5 Å². The molecule has 0 saturated carbocycles. The normalized spacial score (nSPS) is 20.5. The van der Waals surface area contributed by atoms with Crippen LogP contribution in [0.3, 0.4) is 0 Å². The Kier molecular flexibility index (Phi) is 9.03. The number of likely N-dealkylation sites (N-methyl/N-ethyl adjacent to an activating group) is 1. The van der Waals surface area contributed by atoms with Crippen molar-refractivity contribution in [2.24, 2.45) is 0 Å². The van der Waals surface area contributed by atoms with E-state index in [9.17, 15) is 32.5 Å². The summed E-state index contributed by atoms with van der Waals surface area (Å²) in [5.41, 5.74) is -4.38. The third-order valence-electron chi connectivity index (χ3n) is 8.38. The Morgan fingerprint density at radius 3 is 2.43 bits per heavy atom. The first-order valence-electron chi connectivity index (χ1n) is 14.2. The molecule has 2 aromatic carbocycles. The van der Waals surface area contributed by atoms with Gasteiger partial charge in [0.15, 0.2) is 5.69 Å². The Morgan fingerprint density at radius 1 is 1.11 bits per heavy atom. The van der Waals surface area contributed by atoms with Gasteiger partial charge in [-0.3, -0.25) is 23.7 Å². The molecule has 0 aliphatic carbocycles. The summed E-state index contributed by atoms with van der Waals surface area (Å²) in [5, 5.41) is 2.82. The number of rotatable bonds is 6. The fraction of sp³-hybridized carbons (Fsp3) is 0.367. The minimum Gasteiger partial charge on any atom is -0.340 e. The van der Waals surface area contributed by atoms with Crippen LogP contribution in [0, 0.1) is 6.57 Å². The smallest absolute Gasteiger partial charge is 0.340 e. The first-order valence-corrected chi connectivity index (χ1v) is 16.7. The molecule has 5 rings (SSSR count). The van der Waals surface area contributed by atoms with E-state index in [1.807, 2.05) is 0 Å². The van der Waals surface area contributed by atoms with Gasteiger partial charge >= 0.3 is 13.3 Å². The highest BCUT2D eigenvalue weighted by Gasteiger charge is 2.50. The van der Waals surface area contributed by atoms with E-state index >= 15 is 0 Å². The number of amides is 4. The van der Waals surface area contributed by atoms with Crippen LogP contribution in [0.5, 0.6) is 0 Å². The Labute approximate surface area is 266 Å². The maximum Gasteiger partial charge on any atom is 0.399 e. The van der Waals surface area contributed by atoms with Crippen molar-refractivity contribution in [3.63, 3.8) is 0 Å². The van der Waals surface area contributed by atoms with E-state index in [4.69, 9.17) is 16.4 Å². The highest BCUT2D eigenvalue weighted by atomic mass is 32.1. The molecule has 4 amide bonds. The highest BCUT2D eigenvalue weighted by Crippen LogP contribution is 2.59. The van der Waals surface area contributed by atoms with Gasteiger partial charge in [-0.15, -0.1) is 11.3 Å². The molecule has 242 valence electrons. The van der Waals surface area contributed by atoms with Crippen molar-refractivity contribution < 1.29 is 42.3 Å². The summed E-state index contributed by atoms with van der Waals surface area (Å²) in [6.07, 6.45) is 1.33. The van der Waals surface area contributed by atoms with Crippen molar-refractivity contribution >= 4 is 64.0 Å². The van der Waals surface area contributed by atoms with Gasteiger partial charge in [0.05, 0.1) is 11.4 Å². The molecule has 2 aliphatic rings. The molecule has 2 aliphatic heterocycles. The molecule has 3 atom stereocenters. The average molecular weight is 674 g/mol. The molecule has 16 heteroatoms. The lowest BCUT2D eigenvalue weighted by atomic mass is 10.1. The van der Waals surface area contributed by atoms with Gasteiger partial charge in [-0.1, -0.05) is 18.2 Å². The summed E-state index contributed by atoms with van der Waals surface area (Å²) in [7, 11) is -4.22. The van der Waals surface area contributed by atoms with E-state index < -0.39 is 42.7 Å². The van der Waals surface area contributed by atoms with E-state index in [1.54, 1.807) is 31.3 Å². The Balaban J connectivity index is 1.41. The van der Waals surface area contributed by atoms with Gasteiger partial charge in [-0.2, -0.15) is 8.78 Å². The van der Waals surface area contributed by atoms with E-state index in [0.29, 0.717) is 41.9 Å². The molecule has 0 unspecified atom stereocenters. The number of benzene rings is 2. The Morgan fingerprint density at radius 2 is 1.80 bits per heavy atom. The molecule has 3 N–H and O–H groups in total. The summed E-state index contributed by atoms with van der Waals surface area (Å²) in [6, 6.07) is 8.33. The minimum atomic E-state index is -5.80. The van der Waals surface area contributed by atoms with Crippen LogP contribution in [0.15, 0.2) is 48.5 Å². The molecule has 1 aromatic heterocycles. The van der Waals surface area contributed by atoms with Crippen LogP contribution in [0.2, 0.25) is 0 Å². The number of nitrogens with zero attached hydrogens (tertiary/aromatic N) is 4. The van der Waals surface area contributed by atoms with Gasteiger partial charge in [0.25, 0.3) is 5.91 Å². The van der Waals surface area contributed by atoms with Crippen LogP contribution in [0.4, 0.5) is 20.2 Å². The summed E-state index contributed by atoms with van der Waals surface area (Å²) < 4.78 is 40.3. The standard InChI is InChI=1S/C30H30F2N5O7PS/c1-17(38)36-13-12-22-9-10-24(29(41)35(3)21-7-5-20(33-2)6-8-21)37(22)28(40)23(16-36)34-27(39)26-15-18-14-19(4-11-25(18)46-26)30(31,32)45(42,43)44/h4-8,11,14-15,22-24H,9-10,12-13,16H2,1,3H3,(H,34,39)(H2,42,43,44)/t22-,23+,24+/m1/s1. The predicted molar refractivity (Wildman–Crippen MR) is 166 cm³/mol. The number of thiophene rings is 1. The van der Waals surface area contributed by atoms with Crippen molar-refractivity contribution in [1.29, 1.82) is 0 Å². The monoisotopic (exact) mass is 673 g/mol. The van der Waals surface area contributed by atoms with Gasteiger partial charge < -0.3 is 29.8 Å². The molecule has 2 fully saturated rings. The lowest BCUT2D eigenvalue weighted by Gasteiger charge is -2.39. The number of alkyl halides is 2. The van der Waals surface area contributed by atoms with Crippen molar-refractivity contribution in [2.75, 3.05) is 25.0 Å². The van der Waals surface area contributed by atoms with Crippen LogP contribution < -0.4 is 10.2 Å². The molecule has 0 spiro atoms. The molecule has 46 heavy (non-hydrogen) atoms. The quantitative estimate of drug-likeness (QED) is 0.264. The van der Waals surface area contributed by atoms with Gasteiger partial charge in [0.1, 0.15) is 12.1 Å². The average Bonchev–Trinajstić information content (AvgIpc) is 3.64. The third kappa shape index (κ3) is 6.26. The zero-order chi connectivity index (χ0) is 33.6. The topological polar surface area (TPSA) is 152 Å². The van der Waals surface area contributed by atoms with Crippen molar-refractivity contribution in [3.05, 3.63) is 70.4 Å². The first kappa shape index (κ1) is 33.2. The number of hydrogen-bond acceptors (Lipinski definition) is 6. The number of halogens is 2. The summed E-state index contributed by atoms with van der Waals surface area (Å²) >= 11 is 0.932. The Hall–Kier alpha value is -4.22. The molecule has 3 aromatic rings. The fourth-order valence-electron chi connectivity index (χ4n) is 5.85. The lowest BCUT2D eigenvalue weighted by Crippen LogP contribution is -2.61. The zero-order valence-electron chi connectivity index (χ0n) is 24.7. The van der Waals surface area contributed by atoms with Gasteiger partial charge in [-0.05, 0) is 55.0 Å². The van der Waals surface area contributed by atoms with Crippen molar-refractivity contribution in [1.82, 2.24) is 15.1 Å². The van der Waals surface area contributed by atoms with Gasteiger partial charge in [-0.25, -0.2) is 4.85 Å². The second-order valence-electron chi connectivity index (χ2n) is 11.2. The molecule has 3 heterocycles. The van der Waals surface area contributed by atoms with Gasteiger partial charge in [0.2, 0.25) is 17.7 Å². The molecule has 12 nitrogen and oxygen atoms in total. The number of carbonyl (C=O) groups is 4. The maximum atomic E-state index is 14.3. The molecule has 0 bridgehead atoms. The lowest BCUT2D eigenvalue weighted by molar-refractivity contribution is -0.144. The van der Waals surface area contributed by atoms with Crippen molar-refractivity contribution in [2.45, 2.75) is 50.0 Å². The molecular formula is C30H30F2N5O7PS.